The summed E-state index contributed by atoms with van der Waals surface area (Å²) in [6, 6.07) is 18.0. The van der Waals surface area contributed by atoms with E-state index in [1.54, 1.807) is 0 Å². The van der Waals surface area contributed by atoms with Gasteiger partial charge in [-0.05, 0) is 46.7 Å². The lowest BCUT2D eigenvalue weighted by Gasteiger charge is -2.19. The molecule has 1 unspecified atom stereocenters. The average Bonchev–Trinajstić information content (AvgIpc) is 2.50. The second-order valence-corrected chi connectivity index (χ2v) is 6.05. The zero-order chi connectivity index (χ0) is 14.8. The fraction of sp³-hybridized carbons (Fsp3) is 0.118. The molecule has 0 aliphatic carbocycles. The molecule has 4 heteroatoms. The zero-order valence-corrected chi connectivity index (χ0v) is 13.8. The Labute approximate surface area is 137 Å². The van der Waals surface area contributed by atoms with Crippen molar-refractivity contribution in [3.05, 3.63) is 75.4 Å². The van der Waals surface area contributed by atoms with Crippen LogP contribution in [0, 0.1) is 0 Å². The second-order valence-electron chi connectivity index (χ2n) is 4.79. The fourth-order valence-corrected chi connectivity index (χ4v) is 3.27. The molecule has 3 rings (SSSR count). The monoisotopic (exact) mass is 360 g/mol. The first-order valence-corrected chi connectivity index (χ1v) is 7.84. The fourth-order valence-electron chi connectivity index (χ4n) is 2.46. The maximum atomic E-state index is 6.34. The van der Waals surface area contributed by atoms with Crippen molar-refractivity contribution in [3.63, 3.8) is 0 Å². The number of nitrogens with zero attached hydrogens (tertiary/aromatic N) is 1. The third kappa shape index (κ3) is 2.82. The van der Waals surface area contributed by atoms with Gasteiger partial charge in [0.15, 0.2) is 0 Å². The number of para-hydroxylation sites is 1. The molecule has 0 aliphatic heterocycles. The Hall–Kier alpha value is -1.42. The first-order valence-electron chi connectivity index (χ1n) is 6.67. The minimum absolute atomic E-state index is 0.0577. The summed E-state index contributed by atoms with van der Waals surface area (Å²) in [6.45, 7) is 0. The third-order valence-electron chi connectivity index (χ3n) is 3.48. The number of fused-ring (bicyclic) bond motifs is 1. The number of rotatable bonds is 3. The van der Waals surface area contributed by atoms with Crippen molar-refractivity contribution in [2.45, 2.75) is 6.04 Å². The van der Waals surface area contributed by atoms with Gasteiger partial charge < -0.3 is 5.32 Å². The minimum atomic E-state index is -0.0577. The molecule has 2 nitrogen and oxygen atoms in total. The molecule has 0 spiro atoms. The summed E-state index contributed by atoms with van der Waals surface area (Å²) in [5.41, 5.74) is 2.93. The van der Waals surface area contributed by atoms with Crippen LogP contribution >= 0.6 is 27.5 Å². The van der Waals surface area contributed by atoms with Gasteiger partial charge in [0, 0.05) is 14.9 Å². The minimum Gasteiger partial charge on any atom is -0.308 e. The summed E-state index contributed by atoms with van der Waals surface area (Å²) in [5.74, 6) is 0. The van der Waals surface area contributed by atoms with Gasteiger partial charge >= 0.3 is 0 Å². The molecule has 0 radical (unpaired) electrons. The Kier molecular flexibility index (Phi) is 4.24. The van der Waals surface area contributed by atoms with Crippen LogP contribution in [0.15, 0.2) is 59.1 Å². The van der Waals surface area contributed by atoms with E-state index in [2.05, 4.69) is 33.4 Å². The lowest BCUT2D eigenvalue weighted by atomic mass is 10.0. The van der Waals surface area contributed by atoms with Crippen molar-refractivity contribution in [2.24, 2.45) is 0 Å². The summed E-state index contributed by atoms with van der Waals surface area (Å²) in [5, 5.41) is 5.15. The van der Waals surface area contributed by atoms with Gasteiger partial charge in [-0.25, -0.2) is 4.98 Å². The Balaban J connectivity index is 2.17. The van der Waals surface area contributed by atoms with E-state index in [1.807, 2.05) is 49.5 Å². The molecule has 0 aliphatic rings. The summed E-state index contributed by atoms with van der Waals surface area (Å²) in [7, 11) is 1.91. The number of pyridine rings is 1. The molecule has 1 N–H and O–H groups in total. The lowest BCUT2D eigenvalue weighted by Crippen LogP contribution is -2.20. The van der Waals surface area contributed by atoms with Crippen molar-refractivity contribution in [2.75, 3.05) is 7.05 Å². The first-order chi connectivity index (χ1) is 10.2. The van der Waals surface area contributed by atoms with Crippen LogP contribution in [0.4, 0.5) is 0 Å². The number of benzene rings is 2. The van der Waals surface area contributed by atoms with E-state index in [0.717, 1.165) is 31.7 Å². The SMILES string of the molecule is CNC(c1ccccc1Cl)c1nc2ccccc2cc1Br. The van der Waals surface area contributed by atoms with Gasteiger partial charge in [0.2, 0.25) is 0 Å². The highest BCUT2D eigenvalue weighted by atomic mass is 79.9. The number of halogens is 2. The van der Waals surface area contributed by atoms with Gasteiger partial charge in [0.1, 0.15) is 0 Å². The van der Waals surface area contributed by atoms with Crippen LogP contribution in [-0.4, -0.2) is 12.0 Å². The van der Waals surface area contributed by atoms with Gasteiger partial charge in [-0.2, -0.15) is 0 Å². The summed E-state index contributed by atoms with van der Waals surface area (Å²) in [6.07, 6.45) is 0. The predicted molar refractivity (Wildman–Crippen MR) is 91.8 cm³/mol. The van der Waals surface area contributed by atoms with Crippen molar-refractivity contribution < 1.29 is 0 Å². The quantitative estimate of drug-likeness (QED) is 0.713. The molecule has 1 heterocycles. The molecule has 1 aromatic heterocycles. The van der Waals surface area contributed by atoms with E-state index in [0.29, 0.717) is 0 Å². The zero-order valence-electron chi connectivity index (χ0n) is 11.5. The second kappa shape index (κ2) is 6.14. The van der Waals surface area contributed by atoms with E-state index in [-0.39, 0.29) is 6.04 Å². The molecule has 0 bridgehead atoms. The number of aromatic nitrogens is 1. The highest BCUT2D eigenvalue weighted by molar-refractivity contribution is 9.10. The van der Waals surface area contributed by atoms with Crippen molar-refractivity contribution in [1.82, 2.24) is 10.3 Å². The van der Waals surface area contributed by atoms with Crippen LogP contribution in [0.5, 0.6) is 0 Å². The van der Waals surface area contributed by atoms with Crippen LogP contribution in [-0.2, 0) is 0 Å². The molecular weight excluding hydrogens is 348 g/mol. The molecule has 0 saturated heterocycles. The molecule has 0 amide bonds. The van der Waals surface area contributed by atoms with Crippen LogP contribution < -0.4 is 5.32 Å². The van der Waals surface area contributed by atoms with Gasteiger partial charge in [0.25, 0.3) is 0 Å². The summed E-state index contributed by atoms with van der Waals surface area (Å²) < 4.78 is 0.973. The van der Waals surface area contributed by atoms with E-state index < -0.39 is 0 Å². The summed E-state index contributed by atoms with van der Waals surface area (Å²) >= 11 is 9.97. The van der Waals surface area contributed by atoms with Crippen molar-refractivity contribution in [3.8, 4) is 0 Å². The average molecular weight is 362 g/mol. The highest BCUT2D eigenvalue weighted by Crippen LogP contribution is 2.32. The molecule has 2 aromatic carbocycles. The van der Waals surface area contributed by atoms with Crippen molar-refractivity contribution in [1.29, 1.82) is 0 Å². The first kappa shape index (κ1) is 14.5. The van der Waals surface area contributed by atoms with Crippen molar-refractivity contribution >= 4 is 38.4 Å². The van der Waals surface area contributed by atoms with Gasteiger partial charge in [-0.1, -0.05) is 48.0 Å². The standard InChI is InChI=1S/C17H14BrClN2/c1-20-16(12-7-3-4-8-14(12)19)17-13(18)10-11-6-2-5-9-15(11)21-17/h2-10,16,20H,1H3. The Morgan fingerprint density at radius 1 is 1.10 bits per heavy atom. The molecule has 0 fully saturated rings. The van der Waals surface area contributed by atoms with Crippen LogP contribution in [0.2, 0.25) is 5.02 Å². The van der Waals surface area contributed by atoms with Gasteiger partial charge in [-0.3, -0.25) is 0 Å². The maximum absolute atomic E-state index is 6.34. The molecule has 106 valence electrons. The van der Waals surface area contributed by atoms with E-state index in [1.165, 1.54) is 0 Å². The third-order valence-corrected chi connectivity index (χ3v) is 4.46. The maximum Gasteiger partial charge on any atom is 0.0775 e. The number of nitrogens with one attached hydrogen (secondary N) is 1. The largest absolute Gasteiger partial charge is 0.308 e. The molecular formula is C17H14BrClN2. The van der Waals surface area contributed by atoms with E-state index in [9.17, 15) is 0 Å². The normalized spacial score (nSPS) is 12.5. The van der Waals surface area contributed by atoms with Gasteiger partial charge in [0.05, 0.1) is 17.3 Å². The summed E-state index contributed by atoms with van der Waals surface area (Å²) in [4.78, 5) is 4.80. The Morgan fingerprint density at radius 3 is 2.57 bits per heavy atom. The van der Waals surface area contributed by atoms with Gasteiger partial charge in [-0.15, -0.1) is 0 Å². The molecule has 1 atom stereocenters. The predicted octanol–water partition coefficient (Wildman–Crippen LogP) is 4.96. The van der Waals surface area contributed by atoms with Crippen LogP contribution in [0.25, 0.3) is 10.9 Å². The molecule has 21 heavy (non-hydrogen) atoms. The van der Waals surface area contributed by atoms with E-state index in [4.69, 9.17) is 16.6 Å². The smallest absolute Gasteiger partial charge is 0.0775 e. The topological polar surface area (TPSA) is 24.9 Å². The Morgan fingerprint density at radius 2 is 1.81 bits per heavy atom. The number of hydrogen-bond donors (Lipinski definition) is 1. The molecule has 3 aromatic rings. The van der Waals surface area contributed by atoms with E-state index >= 15 is 0 Å². The highest BCUT2D eigenvalue weighted by Gasteiger charge is 2.19. The Bertz CT molecular complexity index is 789. The lowest BCUT2D eigenvalue weighted by molar-refractivity contribution is 0.671. The molecule has 0 saturated carbocycles. The van der Waals surface area contributed by atoms with Crippen LogP contribution in [0.1, 0.15) is 17.3 Å². The number of hydrogen-bond acceptors (Lipinski definition) is 2. The van der Waals surface area contributed by atoms with Crippen LogP contribution in [0.3, 0.4) is 0 Å².